The fourth-order valence-electron chi connectivity index (χ4n) is 4.50. The van der Waals surface area contributed by atoms with Crippen LogP contribution in [0.1, 0.15) is 50.5 Å². The molecule has 1 fully saturated rings. The Balaban J connectivity index is 1.64. The number of para-hydroxylation sites is 1. The van der Waals surface area contributed by atoms with Crippen molar-refractivity contribution in [1.82, 2.24) is 4.98 Å². The van der Waals surface area contributed by atoms with E-state index in [2.05, 4.69) is 41.5 Å². The van der Waals surface area contributed by atoms with Gasteiger partial charge >= 0.3 is 0 Å². The van der Waals surface area contributed by atoms with Gasteiger partial charge in [0.05, 0.1) is 22.8 Å². The molecule has 1 saturated carbocycles. The molecule has 138 valence electrons. The van der Waals surface area contributed by atoms with Gasteiger partial charge in [-0.3, -0.25) is 9.78 Å². The van der Waals surface area contributed by atoms with E-state index in [1.165, 1.54) is 12.0 Å². The first-order valence-corrected chi connectivity index (χ1v) is 9.90. The predicted octanol–water partition coefficient (Wildman–Crippen LogP) is 5.93. The average Bonchev–Trinajstić information content (AvgIpc) is 2.74. The van der Waals surface area contributed by atoms with Crippen LogP contribution in [0.15, 0.2) is 66.9 Å². The molecule has 1 unspecified atom stereocenters. The molecule has 0 spiro atoms. The van der Waals surface area contributed by atoms with Crippen molar-refractivity contribution in [3.05, 3.63) is 72.4 Å². The zero-order valence-corrected chi connectivity index (χ0v) is 15.8. The number of hydrogen-bond donors (Lipinski definition) is 1. The van der Waals surface area contributed by atoms with Crippen LogP contribution >= 0.6 is 0 Å². The summed E-state index contributed by atoms with van der Waals surface area (Å²) in [5.41, 5.74) is 2.61. The maximum Gasteiger partial charge on any atom is 0.231 e. The van der Waals surface area contributed by atoms with Gasteiger partial charge in [0.25, 0.3) is 0 Å². The van der Waals surface area contributed by atoms with Crippen LogP contribution in [0.4, 0.5) is 5.69 Å². The Morgan fingerprint density at radius 1 is 1.00 bits per heavy atom. The van der Waals surface area contributed by atoms with Gasteiger partial charge in [0.1, 0.15) is 0 Å². The highest BCUT2D eigenvalue weighted by Crippen LogP contribution is 2.48. The second-order valence-corrected chi connectivity index (χ2v) is 7.72. The summed E-state index contributed by atoms with van der Waals surface area (Å²) in [5, 5.41) is 4.24. The molecule has 0 aliphatic heterocycles. The van der Waals surface area contributed by atoms with Gasteiger partial charge in [-0.1, -0.05) is 74.7 Å². The number of nitrogens with one attached hydrogen (secondary N) is 1. The Labute approximate surface area is 160 Å². The van der Waals surface area contributed by atoms with Crippen molar-refractivity contribution in [2.45, 2.75) is 44.9 Å². The summed E-state index contributed by atoms with van der Waals surface area (Å²) in [6, 6.07) is 20.5. The molecule has 0 bridgehead atoms. The van der Waals surface area contributed by atoms with Gasteiger partial charge in [-0.25, -0.2) is 0 Å². The van der Waals surface area contributed by atoms with Gasteiger partial charge < -0.3 is 5.32 Å². The summed E-state index contributed by atoms with van der Waals surface area (Å²) in [7, 11) is 0. The molecule has 0 saturated heterocycles. The van der Waals surface area contributed by atoms with E-state index in [-0.39, 0.29) is 17.2 Å². The molecule has 1 N–H and O–H groups in total. The normalized spacial score (nSPS) is 17.4. The van der Waals surface area contributed by atoms with E-state index in [1.54, 1.807) is 6.20 Å². The Bertz CT molecular complexity index is 929. The number of pyridine rings is 1. The van der Waals surface area contributed by atoms with E-state index in [9.17, 15) is 4.79 Å². The molecule has 1 heterocycles. The maximum atomic E-state index is 13.5. The lowest BCUT2D eigenvalue weighted by Gasteiger charge is -2.41. The fourth-order valence-corrected chi connectivity index (χ4v) is 4.50. The monoisotopic (exact) mass is 358 g/mol. The second kappa shape index (κ2) is 7.51. The number of carbonyl (C=O) groups is 1. The summed E-state index contributed by atoms with van der Waals surface area (Å²) < 4.78 is 0. The standard InChI is InChI=1S/C24H26N2O/c1-18(19-10-4-2-5-11-19)24(14-8-3-9-15-24)23(27)26-21-16-20-12-6-7-13-22(20)25-17-21/h2,4-7,10-13,16-18H,3,8-9,14-15H2,1H3,(H,26,27). The van der Waals surface area contributed by atoms with Crippen molar-refractivity contribution < 1.29 is 4.79 Å². The Kier molecular flexibility index (Phi) is 4.93. The smallest absolute Gasteiger partial charge is 0.231 e. The van der Waals surface area contributed by atoms with Crippen molar-refractivity contribution in [2.24, 2.45) is 5.41 Å². The van der Waals surface area contributed by atoms with E-state index in [1.807, 2.05) is 36.4 Å². The fraction of sp³-hybridized carbons (Fsp3) is 0.333. The molecule has 4 rings (SSSR count). The lowest BCUT2D eigenvalue weighted by Crippen LogP contribution is -2.42. The lowest BCUT2D eigenvalue weighted by molar-refractivity contribution is -0.128. The highest BCUT2D eigenvalue weighted by Gasteiger charge is 2.44. The largest absolute Gasteiger partial charge is 0.324 e. The van der Waals surface area contributed by atoms with Gasteiger partial charge in [0, 0.05) is 5.39 Å². The van der Waals surface area contributed by atoms with Crippen LogP contribution in [-0.4, -0.2) is 10.9 Å². The molecule has 2 aromatic carbocycles. The molecule has 0 radical (unpaired) electrons. The Hall–Kier alpha value is -2.68. The first kappa shape index (κ1) is 17.7. The molecular formula is C24H26N2O. The van der Waals surface area contributed by atoms with Crippen molar-refractivity contribution in [2.75, 3.05) is 5.32 Å². The van der Waals surface area contributed by atoms with Crippen molar-refractivity contribution in [1.29, 1.82) is 0 Å². The van der Waals surface area contributed by atoms with Crippen molar-refractivity contribution in [3.63, 3.8) is 0 Å². The zero-order valence-electron chi connectivity index (χ0n) is 15.8. The number of anilines is 1. The molecule has 3 nitrogen and oxygen atoms in total. The van der Waals surface area contributed by atoms with Gasteiger partial charge in [0.2, 0.25) is 5.91 Å². The highest BCUT2D eigenvalue weighted by atomic mass is 16.2. The summed E-state index contributed by atoms with van der Waals surface area (Å²) in [6.07, 6.45) is 7.09. The van der Waals surface area contributed by atoms with Crippen LogP contribution in [-0.2, 0) is 4.79 Å². The molecule has 1 aliphatic rings. The van der Waals surface area contributed by atoms with Crippen LogP contribution in [0.3, 0.4) is 0 Å². The first-order valence-electron chi connectivity index (χ1n) is 9.90. The van der Waals surface area contributed by atoms with Crippen molar-refractivity contribution in [3.8, 4) is 0 Å². The Morgan fingerprint density at radius 3 is 2.48 bits per heavy atom. The third-order valence-corrected chi connectivity index (χ3v) is 6.17. The number of aromatic nitrogens is 1. The van der Waals surface area contributed by atoms with Gasteiger partial charge in [0.15, 0.2) is 0 Å². The number of amides is 1. The van der Waals surface area contributed by atoms with Gasteiger partial charge in [-0.05, 0) is 36.5 Å². The van der Waals surface area contributed by atoms with Crippen molar-refractivity contribution >= 4 is 22.5 Å². The minimum Gasteiger partial charge on any atom is -0.324 e. The van der Waals surface area contributed by atoms with Gasteiger partial charge in [-0.15, -0.1) is 0 Å². The second-order valence-electron chi connectivity index (χ2n) is 7.72. The maximum absolute atomic E-state index is 13.5. The molecule has 3 heteroatoms. The summed E-state index contributed by atoms with van der Waals surface area (Å²) in [6.45, 7) is 2.21. The minimum absolute atomic E-state index is 0.135. The number of carbonyl (C=O) groups excluding carboxylic acids is 1. The number of benzene rings is 2. The summed E-state index contributed by atoms with van der Waals surface area (Å²) in [5.74, 6) is 0.322. The molecule has 1 aliphatic carbocycles. The lowest BCUT2D eigenvalue weighted by atomic mass is 9.63. The summed E-state index contributed by atoms with van der Waals surface area (Å²) in [4.78, 5) is 18.0. The topological polar surface area (TPSA) is 42.0 Å². The Morgan fingerprint density at radius 2 is 1.70 bits per heavy atom. The minimum atomic E-state index is -0.356. The van der Waals surface area contributed by atoms with Crippen LogP contribution in [0.25, 0.3) is 10.9 Å². The number of fused-ring (bicyclic) bond motifs is 1. The van der Waals surface area contributed by atoms with E-state index in [4.69, 9.17) is 0 Å². The van der Waals surface area contributed by atoms with Crippen LogP contribution < -0.4 is 5.32 Å². The number of hydrogen-bond acceptors (Lipinski definition) is 2. The highest BCUT2D eigenvalue weighted by molar-refractivity contribution is 5.97. The molecule has 3 aromatic rings. The van der Waals surface area contributed by atoms with E-state index >= 15 is 0 Å². The molecule has 1 aromatic heterocycles. The number of nitrogens with zero attached hydrogens (tertiary/aromatic N) is 1. The van der Waals surface area contributed by atoms with E-state index < -0.39 is 0 Å². The quantitative estimate of drug-likeness (QED) is 0.628. The van der Waals surface area contributed by atoms with Crippen LogP contribution in [0, 0.1) is 5.41 Å². The average molecular weight is 358 g/mol. The predicted molar refractivity (Wildman–Crippen MR) is 111 cm³/mol. The van der Waals surface area contributed by atoms with E-state index in [0.29, 0.717) is 0 Å². The van der Waals surface area contributed by atoms with Crippen LogP contribution in [0.5, 0.6) is 0 Å². The third-order valence-electron chi connectivity index (χ3n) is 6.17. The third kappa shape index (κ3) is 3.46. The van der Waals surface area contributed by atoms with Gasteiger partial charge in [-0.2, -0.15) is 0 Å². The molecule has 27 heavy (non-hydrogen) atoms. The number of rotatable bonds is 4. The molecular weight excluding hydrogens is 332 g/mol. The van der Waals surface area contributed by atoms with Crippen LogP contribution in [0.2, 0.25) is 0 Å². The SMILES string of the molecule is CC(c1ccccc1)C1(C(=O)Nc2cnc3ccccc3c2)CCCCC1. The zero-order chi connectivity index (χ0) is 18.7. The van der Waals surface area contributed by atoms with E-state index in [0.717, 1.165) is 42.3 Å². The molecule has 1 atom stereocenters. The first-order chi connectivity index (χ1) is 13.2. The summed E-state index contributed by atoms with van der Waals surface area (Å²) >= 11 is 0. The molecule has 1 amide bonds.